The Morgan fingerprint density at radius 1 is 1.48 bits per heavy atom. The van der Waals surface area contributed by atoms with Crippen LogP contribution in [0.2, 0.25) is 0 Å². The molecule has 2 heterocycles. The highest BCUT2D eigenvalue weighted by Crippen LogP contribution is 2.44. The van der Waals surface area contributed by atoms with Gasteiger partial charge >= 0.3 is 0 Å². The average molecular weight is 304 g/mol. The summed E-state index contributed by atoms with van der Waals surface area (Å²) in [5.41, 5.74) is 2.71. The summed E-state index contributed by atoms with van der Waals surface area (Å²) in [6.07, 6.45) is 5.26. The largest absolute Gasteiger partial charge is 0.309 e. The number of nitrogens with one attached hydrogen (secondary N) is 1. The Labute approximate surface area is 130 Å². The highest BCUT2D eigenvalue weighted by molar-refractivity contribution is 7.15. The van der Waals surface area contributed by atoms with Crippen LogP contribution in [0.3, 0.4) is 0 Å². The van der Waals surface area contributed by atoms with Crippen LogP contribution in [0.5, 0.6) is 0 Å². The molecule has 1 atom stereocenters. The SMILES string of the molecule is CCCNC1CC(C)(C)Cc2nc(-c3ccnn3C)sc21. The molecule has 0 spiro atoms. The molecule has 1 aliphatic rings. The Kier molecular flexibility index (Phi) is 3.88. The van der Waals surface area contributed by atoms with E-state index in [-0.39, 0.29) is 0 Å². The summed E-state index contributed by atoms with van der Waals surface area (Å²) in [5, 5.41) is 9.07. The minimum Gasteiger partial charge on any atom is -0.309 e. The Morgan fingerprint density at radius 3 is 2.95 bits per heavy atom. The smallest absolute Gasteiger partial charge is 0.142 e. The molecule has 2 aromatic heterocycles. The Balaban J connectivity index is 1.97. The van der Waals surface area contributed by atoms with Crippen LogP contribution in [-0.4, -0.2) is 21.3 Å². The minimum absolute atomic E-state index is 0.316. The van der Waals surface area contributed by atoms with Crippen LogP contribution in [0, 0.1) is 5.41 Å². The number of hydrogen-bond donors (Lipinski definition) is 1. The van der Waals surface area contributed by atoms with E-state index < -0.39 is 0 Å². The Morgan fingerprint density at radius 2 is 2.29 bits per heavy atom. The molecule has 1 N–H and O–H groups in total. The molecule has 0 saturated heterocycles. The molecule has 0 radical (unpaired) electrons. The summed E-state index contributed by atoms with van der Waals surface area (Å²) >= 11 is 1.83. The Bertz CT molecular complexity index is 626. The predicted molar refractivity (Wildman–Crippen MR) is 87.5 cm³/mol. The summed E-state index contributed by atoms with van der Waals surface area (Å²) in [5.74, 6) is 0. The molecule has 0 bridgehead atoms. The van der Waals surface area contributed by atoms with Gasteiger partial charge in [0.1, 0.15) is 5.01 Å². The molecular weight excluding hydrogens is 280 g/mol. The molecule has 114 valence electrons. The van der Waals surface area contributed by atoms with Crippen molar-refractivity contribution >= 4 is 11.3 Å². The zero-order valence-electron chi connectivity index (χ0n) is 13.3. The molecule has 2 aromatic rings. The van der Waals surface area contributed by atoms with Crippen molar-refractivity contribution in [2.75, 3.05) is 6.54 Å². The zero-order valence-corrected chi connectivity index (χ0v) is 14.1. The lowest BCUT2D eigenvalue weighted by molar-refractivity contribution is 0.258. The molecule has 4 nitrogen and oxygen atoms in total. The van der Waals surface area contributed by atoms with Gasteiger partial charge in [-0.15, -0.1) is 11.3 Å². The van der Waals surface area contributed by atoms with Crippen LogP contribution >= 0.6 is 11.3 Å². The van der Waals surface area contributed by atoms with E-state index in [0.29, 0.717) is 11.5 Å². The Hall–Kier alpha value is -1.20. The first kappa shape index (κ1) is 14.7. The monoisotopic (exact) mass is 304 g/mol. The lowest BCUT2D eigenvalue weighted by atomic mass is 9.76. The normalized spacial score (nSPS) is 20.5. The van der Waals surface area contributed by atoms with Crippen molar-refractivity contribution in [3.8, 4) is 10.7 Å². The van der Waals surface area contributed by atoms with Gasteiger partial charge in [-0.05, 0) is 37.3 Å². The third kappa shape index (κ3) is 2.90. The standard InChI is InChI=1S/C16H24N4S/c1-5-7-17-11-9-16(2,3)10-12-14(11)21-15(19-12)13-6-8-18-20(13)4/h6,8,11,17H,5,7,9-10H2,1-4H3. The number of nitrogens with zero attached hydrogens (tertiary/aromatic N) is 3. The van der Waals surface area contributed by atoms with Gasteiger partial charge in [0.2, 0.25) is 0 Å². The number of fused-ring (bicyclic) bond motifs is 1. The van der Waals surface area contributed by atoms with Crippen molar-refractivity contribution in [1.29, 1.82) is 0 Å². The molecule has 0 aliphatic heterocycles. The van der Waals surface area contributed by atoms with E-state index in [2.05, 4.69) is 31.2 Å². The first-order valence-electron chi connectivity index (χ1n) is 7.71. The van der Waals surface area contributed by atoms with Gasteiger partial charge in [0.05, 0.1) is 11.4 Å². The molecule has 0 amide bonds. The first-order chi connectivity index (χ1) is 10.00. The van der Waals surface area contributed by atoms with Crippen molar-refractivity contribution in [2.45, 2.75) is 46.1 Å². The lowest BCUT2D eigenvalue weighted by Crippen LogP contribution is -2.33. The molecule has 0 aromatic carbocycles. The molecule has 1 aliphatic carbocycles. The fourth-order valence-electron chi connectivity index (χ4n) is 3.11. The third-order valence-electron chi connectivity index (χ3n) is 4.13. The van der Waals surface area contributed by atoms with Crippen LogP contribution in [0.4, 0.5) is 0 Å². The summed E-state index contributed by atoms with van der Waals surface area (Å²) in [6, 6.07) is 2.49. The summed E-state index contributed by atoms with van der Waals surface area (Å²) in [7, 11) is 1.98. The van der Waals surface area contributed by atoms with E-state index in [1.165, 1.54) is 23.4 Å². The number of thiazole rings is 1. The fourth-order valence-corrected chi connectivity index (χ4v) is 4.32. The average Bonchev–Trinajstić information content (AvgIpc) is 3.00. The van der Waals surface area contributed by atoms with Crippen LogP contribution in [0.15, 0.2) is 12.3 Å². The lowest BCUT2D eigenvalue weighted by Gasteiger charge is -2.34. The van der Waals surface area contributed by atoms with E-state index in [9.17, 15) is 0 Å². The predicted octanol–water partition coefficient (Wildman–Crippen LogP) is 3.56. The van der Waals surface area contributed by atoms with Gasteiger partial charge in [0.15, 0.2) is 0 Å². The number of hydrogen-bond acceptors (Lipinski definition) is 4. The second-order valence-corrected chi connectivity index (χ2v) is 7.75. The summed E-state index contributed by atoms with van der Waals surface area (Å²) in [6.45, 7) is 7.98. The second kappa shape index (κ2) is 5.54. The van der Waals surface area contributed by atoms with Crippen molar-refractivity contribution in [3.05, 3.63) is 22.8 Å². The van der Waals surface area contributed by atoms with Gasteiger partial charge in [0, 0.05) is 24.2 Å². The van der Waals surface area contributed by atoms with E-state index in [0.717, 1.165) is 23.7 Å². The summed E-state index contributed by atoms with van der Waals surface area (Å²) in [4.78, 5) is 6.36. The van der Waals surface area contributed by atoms with Crippen molar-refractivity contribution < 1.29 is 0 Å². The van der Waals surface area contributed by atoms with Crippen LogP contribution in [0.25, 0.3) is 10.7 Å². The van der Waals surface area contributed by atoms with Gasteiger partial charge in [-0.2, -0.15) is 5.10 Å². The molecule has 0 fully saturated rings. The highest BCUT2D eigenvalue weighted by atomic mass is 32.1. The minimum atomic E-state index is 0.316. The summed E-state index contributed by atoms with van der Waals surface area (Å²) < 4.78 is 1.91. The quantitative estimate of drug-likeness (QED) is 0.939. The second-order valence-electron chi connectivity index (χ2n) is 6.72. The van der Waals surface area contributed by atoms with Gasteiger partial charge in [-0.3, -0.25) is 4.68 Å². The van der Waals surface area contributed by atoms with Gasteiger partial charge in [-0.25, -0.2) is 4.98 Å². The van der Waals surface area contributed by atoms with Gasteiger partial charge in [0.25, 0.3) is 0 Å². The van der Waals surface area contributed by atoms with Crippen LogP contribution in [0.1, 0.15) is 50.2 Å². The molecule has 0 saturated carbocycles. The van der Waals surface area contributed by atoms with E-state index in [1.807, 2.05) is 35.3 Å². The molecule has 21 heavy (non-hydrogen) atoms. The highest BCUT2D eigenvalue weighted by Gasteiger charge is 2.35. The van der Waals surface area contributed by atoms with Crippen LogP contribution < -0.4 is 5.32 Å². The number of aromatic nitrogens is 3. The zero-order chi connectivity index (χ0) is 15.0. The number of aryl methyl sites for hydroxylation is 1. The maximum absolute atomic E-state index is 4.93. The molecule has 3 rings (SSSR count). The van der Waals surface area contributed by atoms with Crippen molar-refractivity contribution in [1.82, 2.24) is 20.1 Å². The maximum atomic E-state index is 4.93. The van der Waals surface area contributed by atoms with Gasteiger partial charge in [-0.1, -0.05) is 20.8 Å². The third-order valence-corrected chi connectivity index (χ3v) is 5.36. The van der Waals surface area contributed by atoms with E-state index in [4.69, 9.17) is 4.98 Å². The van der Waals surface area contributed by atoms with Crippen molar-refractivity contribution in [2.24, 2.45) is 12.5 Å². The van der Waals surface area contributed by atoms with E-state index >= 15 is 0 Å². The van der Waals surface area contributed by atoms with Crippen LogP contribution in [-0.2, 0) is 13.5 Å². The molecular formula is C16H24N4S. The topological polar surface area (TPSA) is 42.7 Å². The molecule has 5 heteroatoms. The van der Waals surface area contributed by atoms with E-state index in [1.54, 1.807) is 0 Å². The number of rotatable bonds is 4. The molecule has 1 unspecified atom stereocenters. The maximum Gasteiger partial charge on any atom is 0.142 e. The fraction of sp³-hybridized carbons (Fsp3) is 0.625. The van der Waals surface area contributed by atoms with Crippen molar-refractivity contribution in [3.63, 3.8) is 0 Å². The van der Waals surface area contributed by atoms with Gasteiger partial charge < -0.3 is 5.32 Å². The first-order valence-corrected chi connectivity index (χ1v) is 8.53.